The van der Waals surface area contributed by atoms with Crippen LogP contribution in [0.15, 0.2) is 0 Å². The van der Waals surface area contributed by atoms with E-state index in [-0.39, 0.29) is 0 Å². The van der Waals surface area contributed by atoms with Gasteiger partial charge >= 0.3 is 0 Å². The zero-order valence-corrected chi connectivity index (χ0v) is 6.88. The van der Waals surface area contributed by atoms with E-state index in [4.69, 9.17) is 9.84 Å². The van der Waals surface area contributed by atoms with Crippen molar-refractivity contribution in [3.05, 3.63) is 0 Å². The smallest absolute Gasteiger partial charge is 0.0495 e. The van der Waals surface area contributed by atoms with E-state index in [0.717, 1.165) is 19.1 Å². The Hall–Kier alpha value is -0.0800. The van der Waals surface area contributed by atoms with E-state index < -0.39 is 0 Å². The van der Waals surface area contributed by atoms with Crippen LogP contribution in [0.1, 0.15) is 25.7 Å². The second-order valence-electron chi connectivity index (χ2n) is 4.09. The van der Waals surface area contributed by atoms with E-state index in [9.17, 15) is 0 Å². The van der Waals surface area contributed by atoms with Crippen LogP contribution in [0, 0.1) is 11.3 Å². The van der Waals surface area contributed by atoms with E-state index in [1.165, 1.54) is 25.7 Å². The predicted molar refractivity (Wildman–Crippen MR) is 42.3 cm³/mol. The maximum Gasteiger partial charge on any atom is 0.0495 e. The molecule has 1 heterocycles. The highest BCUT2D eigenvalue weighted by Crippen LogP contribution is 2.50. The third-order valence-electron chi connectivity index (χ3n) is 3.04. The van der Waals surface area contributed by atoms with Crippen LogP contribution in [-0.4, -0.2) is 24.9 Å². The zero-order valence-electron chi connectivity index (χ0n) is 6.88. The first kappa shape index (κ1) is 7.56. The van der Waals surface area contributed by atoms with E-state index in [1.54, 1.807) is 0 Å². The van der Waals surface area contributed by atoms with Gasteiger partial charge in [0.1, 0.15) is 0 Å². The molecule has 0 aromatic carbocycles. The van der Waals surface area contributed by atoms with Gasteiger partial charge in [0, 0.05) is 19.8 Å². The molecule has 2 heteroatoms. The number of hydrogen-bond acceptors (Lipinski definition) is 2. The Morgan fingerprint density at radius 1 is 1.45 bits per heavy atom. The van der Waals surface area contributed by atoms with Crippen LogP contribution in [0.5, 0.6) is 0 Å². The topological polar surface area (TPSA) is 29.5 Å². The Bertz CT molecular complexity index is 134. The highest BCUT2D eigenvalue weighted by molar-refractivity contribution is 4.94. The second kappa shape index (κ2) is 2.76. The Labute approximate surface area is 67.6 Å². The summed E-state index contributed by atoms with van der Waals surface area (Å²) in [5, 5.41) is 9.08. The van der Waals surface area contributed by atoms with Gasteiger partial charge in [0.05, 0.1) is 0 Å². The van der Waals surface area contributed by atoms with E-state index in [1.807, 2.05) is 0 Å². The van der Waals surface area contributed by atoms with Crippen LogP contribution in [-0.2, 0) is 4.74 Å². The van der Waals surface area contributed by atoms with Gasteiger partial charge in [-0.15, -0.1) is 0 Å². The average molecular weight is 156 g/mol. The fourth-order valence-corrected chi connectivity index (χ4v) is 1.96. The largest absolute Gasteiger partial charge is 0.396 e. The summed E-state index contributed by atoms with van der Waals surface area (Å²) >= 11 is 0. The Balaban J connectivity index is 1.80. The zero-order chi connectivity index (χ0) is 7.73. The minimum atomic E-state index is 0.332. The summed E-state index contributed by atoms with van der Waals surface area (Å²) in [5.41, 5.74) is 0.332. The maximum absolute atomic E-state index is 9.08. The Morgan fingerprint density at radius 2 is 2.27 bits per heavy atom. The Kier molecular flexibility index (Phi) is 1.90. The fourth-order valence-electron chi connectivity index (χ4n) is 1.96. The summed E-state index contributed by atoms with van der Waals surface area (Å²) in [6.45, 7) is 2.26. The van der Waals surface area contributed by atoms with E-state index in [0.29, 0.717) is 12.0 Å². The predicted octanol–water partition coefficient (Wildman–Crippen LogP) is 1.19. The molecular formula is C9H16O2. The molecule has 2 rings (SSSR count). The monoisotopic (exact) mass is 156 g/mol. The van der Waals surface area contributed by atoms with Crippen molar-refractivity contribution in [1.82, 2.24) is 0 Å². The first-order valence-electron chi connectivity index (χ1n) is 4.53. The summed E-state index contributed by atoms with van der Waals surface area (Å²) in [6.07, 6.45) is 4.88. The van der Waals surface area contributed by atoms with Gasteiger partial charge in [-0.05, 0) is 37.0 Å². The van der Waals surface area contributed by atoms with Crippen molar-refractivity contribution in [2.45, 2.75) is 25.7 Å². The van der Waals surface area contributed by atoms with Crippen molar-refractivity contribution in [3.8, 4) is 0 Å². The van der Waals surface area contributed by atoms with Crippen LogP contribution in [0.2, 0.25) is 0 Å². The first-order chi connectivity index (χ1) is 5.35. The molecule has 0 aromatic rings. The summed E-state index contributed by atoms with van der Waals surface area (Å²) < 4.78 is 5.29. The van der Waals surface area contributed by atoms with Crippen LogP contribution >= 0.6 is 0 Å². The summed E-state index contributed by atoms with van der Waals surface area (Å²) in [4.78, 5) is 0. The maximum atomic E-state index is 9.08. The Morgan fingerprint density at radius 3 is 2.73 bits per heavy atom. The molecule has 64 valence electrons. The minimum absolute atomic E-state index is 0.332. The third kappa shape index (κ3) is 1.57. The fraction of sp³-hybridized carbons (Fsp3) is 1.00. The van der Waals surface area contributed by atoms with Crippen LogP contribution in [0.25, 0.3) is 0 Å². The molecule has 1 atom stereocenters. The van der Waals surface area contributed by atoms with E-state index >= 15 is 0 Å². The lowest BCUT2D eigenvalue weighted by Gasteiger charge is -2.15. The van der Waals surface area contributed by atoms with Gasteiger partial charge in [0.2, 0.25) is 0 Å². The van der Waals surface area contributed by atoms with Gasteiger partial charge in [-0.3, -0.25) is 0 Å². The molecule has 1 aliphatic heterocycles. The molecule has 11 heavy (non-hydrogen) atoms. The summed E-state index contributed by atoms with van der Waals surface area (Å²) in [5.74, 6) is 0.740. The van der Waals surface area contributed by atoms with Crippen molar-refractivity contribution in [2.75, 3.05) is 19.8 Å². The van der Waals surface area contributed by atoms with E-state index in [2.05, 4.69) is 0 Å². The van der Waals surface area contributed by atoms with Gasteiger partial charge < -0.3 is 9.84 Å². The summed E-state index contributed by atoms with van der Waals surface area (Å²) in [6, 6.07) is 0. The van der Waals surface area contributed by atoms with Gasteiger partial charge in [-0.1, -0.05) is 0 Å². The van der Waals surface area contributed by atoms with Crippen LogP contribution < -0.4 is 0 Å². The molecule has 0 bridgehead atoms. The SMILES string of the molecule is OCC1(CC2CCOC2)CC1. The van der Waals surface area contributed by atoms with Gasteiger partial charge in [0.15, 0.2) is 0 Å². The quantitative estimate of drug-likeness (QED) is 0.665. The highest BCUT2D eigenvalue weighted by atomic mass is 16.5. The van der Waals surface area contributed by atoms with Crippen molar-refractivity contribution >= 4 is 0 Å². The number of aliphatic hydroxyl groups excluding tert-OH is 1. The molecule has 1 saturated heterocycles. The van der Waals surface area contributed by atoms with Crippen LogP contribution in [0.4, 0.5) is 0 Å². The minimum Gasteiger partial charge on any atom is -0.396 e. The number of rotatable bonds is 3. The average Bonchev–Trinajstić information content (AvgIpc) is 2.59. The normalized spacial score (nSPS) is 34.1. The molecule has 2 aliphatic rings. The van der Waals surface area contributed by atoms with Gasteiger partial charge in [0.25, 0.3) is 0 Å². The van der Waals surface area contributed by atoms with Crippen molar-refractivity contribution in [3.63, 3.8) is 0 Å². The lowest BCUT2D eigenvalue weighted by molar-refractivity contribution is 0.157. The molecule has 0 radical (unpaired) electrons. The molecule has 0 amide bonds. The number of aliphatic hydroxyl groups is 1. The molecule has 2 nitrogen and oxygen atoms in total. The highest BCUT2D eigenvalue weighted by Gasteiger charge is 2.43. The number of hydrogen-bond donors (Lipinski definition) is 1. The van der Waals surface area contributed by atoms with Crippen molar-refractivity contribution in [1.29, 1.82) is 0 Å². The lowest BCUT2D eigenvalue weighted by Crippen LogP contribution is -2.13. The first-order valence-corrected chi connectivity index (χ1v) is 4.53. The molecular weight excluding hydrogens is 140 g/mol. The van der Waals surface area contributed by atoms with Crippen molar-refractivity contribution in [2.24, 2.45) is 11.3 Å². The molecule has 1 saturated carbocycles. The molecule has 2 fully saturated rings. The molecule has 0 aromatic heterocycles. The number of ether oxygens (including phenoxy) is 1. The lowest BCUT2D eigenvalue weighted by atomic mass is 9.92. The summed E-state index contributed by atoms with van der Waals surface area (Å²) in [7, 11) is 0. The van der Waals surface area contributed by atoms with Crippen LogP contribution in [0.3, 0.4) is 0 Å². The molecule has 1 N–H and O–H groups in total. The van der Waals surface area contributed by atoms with Gasteiger partial charge in [-0.25, -0.2) is 0 Å². The molecule has 1 unspecified atom stereocenters. The third-order valence-corrected chi connectivity index (χ3v) is 3.04. The van der Waals surface area contributed by atoms with Gasteiger partial charge in [-0.2, -0.15) is 0 Å². The van der Waals surface area contributed by atoms with Crippen molar-refractivity contribution < 1.29 is 9.84 Å². The molecule has 1 aliphatic carbocycles. The molecule has 0 spiro atoms. The standard InChI is InChI=1S/C9H16O2/c10-7-9(2-3-9)5-8-1-4-11-6-8/h8,10H,1-7H2. The second-order valence-corrected chi connectivity index (χ2v) is 4.09.